The molecule has 0 radical (unpaired) electrons. The van der Waals surface area contributed by atoms with Crippen molar-refractivity contribution in [3.05, 3.63) is 30.1 Å². The molecule has 1 saturated carbocycles. The van der Waals surface area contributed by atoms with E-state index in [1.54, 1.807) is 18.2 Å². The number of hydrogen-bond acceptors (Lipinski definition) is 4. The van der Waals surface area contributed by atoms with Gasteiger partial charge in [0.25, 0.3) is 0 Å². The number of carboxylic acid groups (broad SMARTS) is 1. The van der Waals surface area contributed by atoms with Gasteiger partial charge >= 0.3 is 5.97 Å². The molecule has 1 aromatic rings. The molecule has 1 fully saturated rings. The Morgan fingerprint density at radius 3 is 2.62 bits per heavy atom. The third-order valence-electron chi connectivity index (χ3n) is 6.17. The maximum atomic E-state index is 13.7. The second-order valence-electron chi connectivity index (χ2n) is 8.43. The Bertz CT molecular complexity index is 627. The van der Waals surface area contributed by atoms with E-state index in [2.05, 4.69) is 6.92 Å². The predicted molar refractivity (Wildman–Crippen MR) is 114 cm³/mol. The highest BCUT2D eigenvalue weighted by Gasteiger charge is 2.39. The Balaban J connectivity index is 1.72. The van der Waals surface area contributed by atoms with Crippen LogP contribution in [0.25, 0.3) is 0 Å². The van der Waals surface area contributed by atoms with Gasteiger partial charge in [0.2, 0.25) is 0 Å². The van der Waals surface area contributed by atoms with Crippen LogP contribution >= 0.6 is 11.8 Å². The van der Waals surface area contributed by atoms with Gasteiger partial charge in [-0.1, -0.05) is 38.3 Å². The summed E-state index contributed by atoms with van der Waals surface area (Å²) in [6, 6.07) is 6.60. The van der Waals surface area contributed by atoms with Crippen molar-refractivity contribution in [2.45, 2.75) is 81.8 Å². The molecule has 2 rings (SSSR count). The molecule has 0 aromatic heterocycles. The van der Waals surface area contributed by atoms with E-state index in [4.69, 9.17) is 5.11 Å². The number of aliphatic carboxylic acids is 1. The molecular weight excluding hydrogens is 391 g/mol. The van der Waals surface area contributed by atoms with Crippen molar-refractivity contribution in [3.63, 3.8) is 0 Å². The Hall–Kier alpha value is -1.11. The lowest BCUT2D eigenvalue weighted by Gasteiger charge is -2.25. The molecule has 4 nitrogen and oxygen atoms in total. The largest absolute Gasteiger partial charge is 0.481 e. The first-order valence-corrected chi connectivity index (χ1v) is 11.8. The average Bonchev–Trinajstić information content (AvgIpc) is 2.94. The number of thioether (sulfide) groups is 1. The van der Waals surface area contributed by atoms with Crippen LogP contribution in [0.5, 0.6) is 0 Å². The fraction of sp³-hybridized carbons (Fsp3) is 0.696. The van der Waals surface area contributed by atoms with Crippen LogP contribution in [0, 0.1) is 23.6 Å². The second kappa shape index (κ2) is 12.6. The van der Waals surface area contributed by atoms with Crippen LogP contribution in [-0.4, -0.2) is 39.2 Å². The fourth-order valence-corrected chi connectivity index (χ4v) is 5.49. The van der Waals surface area contributed by atoms with Gasteiger partial charge in [-0.25, -0.2) is 4.39 Å². The number of aliphatic hydroxyl groups is 2. The smallest absolute Gasteiger partial charge is 0.303 e. The summed E-state index contributed by atoms with van der Waals surface area (Å²) >= 11 is 1.33. The lowest BCUT2D eigenvalue weighted by molar-refractivity contribution is -0.137. The zero-order valence-corrected chi connectivity index (χ0v) is 18.1. The highest BCUT2D eigenvalue weighted by Crippen LogP contribution is 2.43. The Morgan fingerprint density at radius 2 is 1.90 bits per heavy atom. The predicted octanol–water partition coefficient (Wildman–Crippen LogP) is 5.12. The van der Waals surface area contributed by atoms with Gasteiger partial charge in [-0.2, -0.15) is 0 Å². The van der Waals surface area contributed by atoms with Crippen molar-refractivity contribution in [2.75, 3.05) is 5.75 Å². The first kappa shape index (κ1) is 24.2. The molecule has 29 heavy (non-hydrogen) atoms. The number of carbonyl (C=O) groups is 1. The molecule has 3 N–H and O–H groups in total. The summed E-state index contributed by atoms with van der Waals surface area (Å²) in [4.78, 5) is 11.1. The zero-order valence-electron chi connectivity index (χ0n) is 17.3. The monoisotopic (exact) mass is 426 g/mol. The number of hydrogen-bond donors (Lipinski definition) is 3. The molecule has 0 amide bonds. The minimum atomic E-state index is -0.732. The Labute approximate surface area is 177 Å². The van der Waals surface area contributed by atoms with Gasteiger partial charge in [-0.15, -0.1) is 11.8 Å². The molecule has 5 atom stereocenters. The zero-order chi connectivity index (χ0) is 21.2. The van der Waals surface area contributed by atoms with Gasteiger partial charge in [0.1, 0.15) is 5.82 Å². The van der Waals surface area contributed by atoms with Crippen molar-refractivity contribution in [1.82, 2.24) is 0 Å². The van der Waals surface area contributed by atoms with Crippen LogP contribution in [0.3, 0.4) is 0 Å². The Kier molecular flexibility index (Phi) is 10.5. The van der Waals surface area contributed by atoms with Crippen LogP contribution in [-0.2, 0) is 4.79 Å². The molecule has 0 heterocycles. The summed E-state index contributed by atoms with van der Waals surface area (Å²) in [5.41, 5.74) is 0. The second-order valence-corrected chi connectivity index (χ2v) is 9.49. The summed E-state index contributed by atoms with van der Waals surface area (Å²) in [7, 11) is 0. The van der Waals surface area contributed by atoms with E-state index in [1.807, 2.05) is 0 Å². The number of unbranched alkanes of at least 4 members (excludes halogenated alkanes) is 3. The van der Waals surface area contributed by atoms with E-state index in [1.165, 1.54) is 17.8 Å². The van der Waals surface area contributed by atoms with E-state index >= 15 is 0 Å². The van der Waals surface area contributed by atoms with E-state index in [0.717, 1.165) is 44.9 Å². The maximum absolute atomic E-state index is 13.7. The maximum Gasteiger partial charge on any atom is 0.303 e. The first-order chi connectivity index (χ1) is 13.9. The molecule has 6 heteroatoms. The number of rotatable bonds is 13. The van der Waals surface area contributed by atoms with Crippen molar-refractivity contribution < 1.29 is 24.5 Å². The topological polar surface area (TPSA) is 77.8 Å². The molecule has 1 aliphatic rings. The number of aliphatic hydroxyl groups excluding tert-OH is 2. The normalized spacial score (nSPS) is 25.2. The molecule has 164 valence electrons. The quantitative estimate of drug-likeness (QED) is 0.301. The van der Waals surface area contributed by atoms with Crippen LogP contribution in [0.15, 0.2) is 29.2 Å². The third kappa shape index (κ3) is 8.27. The molecule has 1 aliphatic carbocycles. The standard InChI is InChI=1S/C23H35FO4S/c1-16-14-21(26)19(18(16)8-4-2-3-5-11-23(27)28)13-12-17(25)15-29-22-10-7-6-9-20(22)24/h6-7,9-10,16-19,21,25-26H,2-5,8,11-15H2,1H3,(H,27,28)/t16-,17+,18-,19+,21+/m0/s1. The number of halogens is 1. The fourth-order valence-electron chi connectivity index (χ4n) is 4.57. The lowest BCUT2D eigenvalue weighted by Crippen LogP contribution is -2.23. The Morgan fingerprint density at radius 1 is 1.17 bits per heavy atom. The molecule has 1 aromatic carbocycles. The summed E-state index contributed by atoms with van der Waals surface area (Å²) in [5.74, 6) is 0.595. The summed E-state index contributed by atoms with van der Waals surface area (Å²) in [5, 5.41) is 29.5. The van der Waals surface area contributed by atoms with Gasteiger partial charge in [0, 0.05) is 17.1 Å². The molecule has 0 spiro atoms. The van der Waals surface area contributed by atoms with Crippen molar-refractivity contribution in [3.8, 4) is 0 Å². The number of carboxylic acids is 1. The SMILES string of the molecule is C[C@H]1C[C@@H](O)[C@H](CC[C@@H](O)CSc2ccccc2F)[C@H]1CCCCCCC(=O)O. The van der Waals surface area contributed by atoms with Gasteiger partial charge in [-0.05, 0) is 62.0 Å². The molecule has 0 unspecified atom stereocenters. The van der Waals surface area contributed by atoms with Crippen molar-refractivity contribution in [1.29, 1.82) is 0 Å². The van der Waals surface area contributed by atoms with E-state index < -0.39 is 12.1 Å². The summed E-state index contributed by atoms with van der Waals surface area (Å²) < 4.78 is 13.7. The van der Waals surface area contributed by atoms with Gasteiger partial charge in [0.05, 0.1) is 12.2 Å². The minimum Gasteiger partial charge on any atom is -0.481 e. The van der Waals surface area contributed by atoms with Crippen molar-refractivity contribution in [2.24, 2.45) is 17.8 Å². The van der Waals surface area contributed by atoms with Crippen LogP contribution in [0.1, 0.15) is 64.7 Å². The van der Waals surface area contributed by atoms with Gasteiger partial charge < -0.3 is 15.3 Å². The van der Waals surface area contributed by atoms with Crippen LogP contribution in [0.2, 0.25) is 0 Å². The van der Waals surface area contributed by atoms with Crippen LogP contribution < -0.4 is 0 Å². The van der Waals surface area contributed by atoms with Crippen molar-refractivity contribution >= 4 is 17.7 Å². The number of benzene rings is 1. The molecule has 0 aliphatic heterocycles. The van der Waals surface area contributed by atoms with Gasteiger partial charge in [0.15, 0.2) is 0 Å². The molecule has 0 saturated heterocycles. The minimum absolute atomic E-state index is 0.206. The lowest BCUT2D eigenvalue weighted by atomic mass is 9.82. The van der Waals surface area contributed by atoms with Crippen LogP contribution in [0.4, 0.5) is 4.39 Å². The highest BCUT2D eigenvalue weighted by atomic mass is 32.2. The third-order valence-corrected chi connectivity index (χ3v) is 7.36. The molecule has 0 bridgehead atoms. The first-order valence-electron chi connectivity index (χ1n) is 10.8. The summed E-state index contributed by atoms with van der Waals surface area (Å²) in [6.07, 6.45) is 6.44. The van der Waals surface area contributed by atoms with E-state index in [9.17, 15) is 19.4 Å². The van der Waals surface area contributed by atoms with E-state index in [-0.39, 0.29) is 24.3 Å². The molecular formula is C23H35FO4S. The highest BCUT2D eigenvalue weighted by molar-refractivity contribution is 7.99. The van der Waals surface area contributed by atoms with E-state index in [0.29, 0.717) is 28.9 Å². The van der Waals surface area contributed by atoms with Gasteiger partial charge in [-0.3, -0.25) is 4.79 Å². The summed E-state index contributed by atoms with van der Waals surface area (Å²) in [6.45, 7) is 2.20. The average molecular weight is 427 g/mol.